The van der Waals surface area contributed by atoms with E-state index in [1.165, 1.54) is 4.31 Å². The van der Waals surface area contributed by atoms with Gasteiger partial charge in [0, 0.05) is 11.6 Å². The van der Waals surface area contributed by atoms with Gasteiger partial charge in [-0.05, 0) is 17.7 Å². The van der Waals surface area contributed by atoms with Crippen molar-refractivity contribution >= 4 is 56.7 Å². The number of alkyl halides is 3. The Balaban J connectivity index is 2.00. The van der Waals surface area contributed by atoms with Gasteiger partial charge in [0.15, 0.2) is 0 Å². The van der Waals surface area contributed by atoms with E-state index < -0.39 is 20.7 Å². The Morgan fingerprint density at radius 2 is 1.84 bits per heavy atom. The fraction of sp³-hybridized carbons (Fsp3) is 0.400. The summed E-state index contributed by atoms with van der Waals surface area (Å²) in [4.78, 5) is 0. The van der Waals surface area contributed by atoms with Crippen LogP contribution in [0.2, 0.25) is 5.02 Å². The first kappa shape index (κ1) is 15.6. The third kappa shape index (κ3) is 4.36. The fourth-order valence-electron chi connectivity index (χ4n) is 1.54. The first-order valence-corrected chi connectivity index (χ1v) is 8.05. The van der Waals surface area contributed by atoms with Crippen LogP contribution in [0.15, 0.2) is 24.3 Å². The van der Waals surface area contributed by atoms with E-state index in [4.69, 9.17) is 46.4 Å². The molecule has 0 saturated carbocycles. The summed E-state index contributed by atoms with van der Waals surface area (Å²) in [5.41, 5.74) is 0.838. The molecule has 0 N–H and O–H groups in total. The van der Waals surface area contributed by atoms with Crippen molar-refractivity contribution in [3.05, 3.63) is 34.9 Å². The summed E-state index contributed by atoms with van der Waals surface area (Å²) in [5, 5.41) is 0.589. The number of halogens is 4. The van der Waals surface area contributed by atoms with Crippen LogP contribution in [0, 0.1) is 0 Å². The Labute approximate surface area is 131 Å². The van der Waals surface area contributed by atoms with Gasteiger partial charge in [-0.2, -0.15) is 12.7 Å². The maximum absolute atomic E-state index is 11.8. The average molecular weight is 365 g/mol. The summed E-state index contributed by atoms with van der Waals surface area (Å²) in [6.45, 7) is -0.187. The second-order valence-corrected chi connectivity index (χ2v) is 8.48. The minimum Gasteiger partial charge on any atom is -0.253 e. The first-order chi connectivity index (χ1) is 8.69. The molecule has 0 spiro atoms. The molecule has 0 aromatic heterocycles. The van der Waals surface area contributed by atoms with Gasteiger partial charge in [0.25, 0.3) is 0 Å². The zero-order chi connectivity index (χ0) is 14.3. The molecule has 4 nitrogen and oxygen atoms in total. The molecule has 1 unspecified atom stereocenters. The van der Waals surface area contributed by atoms with Gasteiger partial charge in [-0.1, -0.05) is 58.5 Å². The molecule has 0 amide bonds. The van der Waals surface area contributed by atoms with Crippen molar-refractivity contribution in [2.24, 2.45) is 0 Å². The summed E-state index contributed by atoms with van der Waals surface area (Å²) < 4.78 is 27.7. The maximum Gasteiger partial charge on any atom is 0.339 e. The number of benzene rings is 1. The Morgan fingerprint density at radius 1 is 1.26 bits per heavy atom. The highest BCUT2D eigenvalue weighted by Gasteiger charge is 2.46. The molecular weight excluding hydrogens is 356 g/mol. The van der Waals surface area contributed by atoms with Crippen LogP contribution in [0.1, 0.15) is 11.6 Å². The largest absolute Gasteiger partial charge is 0.339 e. The molecule has 1 saturated heterocycles. The number of hydrogen-bond acceptors (Lipinski definition) is 3. The zero-order valence-corrected chi connectivity index (χ0v) is 13.2. The van der Waals surface area contributed by atoms with Crippen LogP contribution in [-0.2, 0) is 14.5 Å². The van der Waals surface area contributed by atoms with E-state index in [2.05, 4.69) is 4.18 Å². The van der Waals surface area contributed by atoms with Gasteiger partial charge in [-0.25, -0.2) is 0 Å². The summed E-state index contributed by atoms with van der Waals surface area (Å²) in [7, 11) is -3.88. The van der Waals surface area contributed by atoms with Crippen molar-refractivity contribution in [2.75, 3.05) is 13.2 Å². The van der Waals surface area contributed by atoms with E-state index in [1.54, 1.807) is 24.3 Å². The molecule has 9 heteroatoms. The van der Waals surface area contributed by atoms with Gasteiger partial charge in [-0.3, -0.25) is 4.18 Å². The molecule has 1 aliphatic heterocycles. The van der Waals surface area contributed by atoms with Gasteiger partial charge in [0.1, 0.15) is 6.61 Å². The second kappa shape index (κ2) is 5.56. The Kier molecular flexibility index (Phi) is 4.58. The minimum absolute atomic E-state index is 0.252. The van der Waals surface area contributed by atoms with Gasteiger partial charge < -0.3 is 0 Å². The molecule has 0 radical (unpaired) electrons. The molecule has 2 rings (SSSR count). The monoisotopic (exact) mass is 363 g/mol. The Bertz CT molecular complexity index is 555. The smallest absolute Gasteiger partial charge is 0.253 e. The Hall–Kier alpha value is 0.250. The van der Waals surface area contributed by atoms with Crippen LogP contribution in [0.5, 0.6) is 0 Å². The van der Waals surface area contributed by atoms with Gasteiger partial charge in [0.05, 0.1) is 6.04 Å². The van der Waals surface area contributed by atoms with E-state index in [0.29, 0.717) is 11.6 Å². The average Bonchev–Trinajstić information content (AvgIpc) is 3.07. The summed E-state index contributed by atoms with van der Waals surface area (Å²) in [5.74, 6) is 0. The highest BCUT2D eigenvalue weighted by atomic mass is 35.6. The highest BCUT2D eigenvalue weighted by Crippen LogP contribution is 2.39. The molecule has 1 aromatic rings. The standard InChI is InChI=1S/C10H9Cl4NO3S/c11-8-3-1-7(2-4-8)9-5-15(9)19(16,17)18-6-10(12,13)14/h1-4,9H,5-6H2/t9-,15?/m0/s1. The van der Waals surface area contributed by atoms with Crippen LogP contribution in [-0.4, -0.2) is 29.7 Å². The lowest BCUT2D eigenvalue weighted by atomic mass is 10.2. The third-order valence-corrected chi connectivity index (χ3v) is 4.45. The van der Waals surface area contributed by atoms with Gasteiger partial charge in [-0.15, -0.1) is 0 Å². The lowest BCUT2D eigenvalue weighted by Crippen LogP contribution is -2.22. The maximum atomic E-state index is 11.8. The van der Waals surface area contributed by atoms with Gasteiger partial charge in [0.2, 0.25) is 3.79 Å². The molecule has 1 heterocycles. The molecule has 1 aliphatic rings. The number of nitrogens with zero attached hydrogens (tertiary/aromatic N) is 1. The summed E-state index contributed by atoms with van der Waals surface area (Å²) in [6.07, 6.45) is 0. The molecule has 1 fully saturated rings. The predicted molar refractivity (Wildman–Crippen MR) is 76.1 cm³/mol. The zero-order valence-electron chi connectivity index (χ0n) is 9.39. The second-order valence-electron chi connectivity index (χ2n) is 3.97. The van der Waals surface area contributed by atoms with E-state index >= 15 is 0 Å². The van der Waals surface area contributed by atoms with Crippen molar-refractivity contribution in [3.63, 3.8) is 0 Å². The summed E-state index contributed by atoms with van der Waals surface area (Å²) >= 11 is 22.1. The third-order valence-electron chi connectivity index (χ3n) is 2.48. The molecule has 1 aromatic carbocycles. The van der Waals surface area contributed by atoms with Crippen LogP contribution in [0.4, 0.5) is 0 Å². The van der Waals surface area contributed by atoms with E-state index in [9.17, 15) is 8.42 Å². The van der Waals surface area contributed by atoms with Crippen molar-refractivity contribution in [3.8, 4) is 0 Å². The summed E-state index contributed by atoms with van der Waals surface area (Å²) in [6, 6.07) is 6.66. The molecule has 19 heavy (non-hydrogen) atoms. The molecule has 0 aliphatic carbocycles. The van der Waals surface area contributed by atoms with E-state index in [1.807, 2.05) is 0 Å². The van der Waals surface area contributed by atoms with Crippen LogP contribution in [0.25, 0.3) is 0 Å². The van der Waals surface area contributed by atoms with E-state index in [0.717, 1.165) is 5.56 Å². The van der Waals surface area contributed by atoms with Gasteiger partial charge >= 0.3 is 10.3 Å². The van der Waals surface area contributed by atoms with Crippen LogP contribution >= 0.6 is 46.4 Å². The topological polar surface area (TPSA) is 46.4 Å². The normalized spacial score (nSPS) is 23.4. The van der Waals surface area contributed by atoms with Crippen molar-refractivity contribution in [2.45, 2.75) is 9.83 Å². The lowest BCUT2D eigenvalue weighted by Gasteiger charge is -2.12. The first-order valence-electron chi connectivity index (χ1n) is 5.17. The SMILES string of the molecule is O=S(=O)(OCC(Cl)(Cl)Cl)N1C[C@H]1c1ccc(Cl)cc1. The number of hydrogen-bond donors (Lipinski definition) is 0. The van der Waals surface area contributed by atoms with Crippen molar-refractivity contribution in [1.82, 2.24) is 4.31 Å². The fourth-order valence-corrected chi connectivity index (χ4v) is 3.24. The van der Waals surface area contributed by atoms with Crippen LogP contribution in [0.3, 0.4) is 0 Å². The van der Waals surface area contributed by atoms with Crippen molar-refractivity contribution < 1.29 is 12.6 Å². The lowest BCUT2D eigenvalue weighted by molar-refractivity contribution is 0.305. The molecule has 0 bridgehead atoms. The van der Waals surface area contributed by atoms with Crippen LogP contribution < -0.4 is 0 Å². The Morgan fingerprint density at radius 3 is 2.37 bits per heavy atom. The predicted octanol–water partition coefficient (Wildman–Crippen LogP) is 3.33. The number of rotatable bonds is 4. The molecule has 106 valence electrons. The molecule has 2 atom stereocenters. The molecular formula is C10H9Cl4NO3S. The van der Waals surface area contributed by atoms with E-state index in [-0.39, 0.29) is 6.04 Å². The highest BCUT2D eigenvalue weighted by molar-refractivity contribution is 7.84. The van der Waals surface area contributed by atoms with Crippen molar-refractivity contribution in [1.29, 1.82) is 0 Å². The minimum atomic E-state index is -3.88. The quantitative estimate of drug-likeness (QED) is 0.608.